The molecule has 1 aromatic carbocycles. The highest BCUT2D eigenvalue weighted by atomic mass is 28.4. The fourth-order valence-electron chi connectivity index (χ4n) is 6.61. The van der Waals surface area contributed by atoms with Gasteiger partial charge in [0.1, 0.15) is 17.4 Å². The summed E-state index contributed by atoms with van der Waals surface area (Å²) in [7, 11) is -2.15. The summed E-state index contributed by atoms with van der Waals surface area (Å²) in [5.74, 6) is 0.924. The van der Waals surface area contributed by atoms with E-state index in [-0.39, 0.29) is 11.1 Å². The summed E-state index contributed by atoms with van der Waals surface area (Å²) in [6, 6.07) is 10.9. The van der Waals surface area contributed by atoms with Crippen LogP contribution in [0.15, 0.2) is 30.5 Å². The summed E-state index contributed by atoms with van der Waals surface area (Å²) >= 11 is 0. The molecule has 1 aliphatic carbocycles. The van der Waals surface area contributed by atoms with Crippen LogP contribution in [0.5, 0.6) is 5.88 Å². The smallest absolute Gasteiger partial charge is 0.414 e. The molecule has 6 rings (SSSR count). The quantitative estimate of drug-likeness (QED) is 0.215. The van der Waals surface area contributed by atoms with Crippen LogP contribution in [0.25, 0.3) is 11.3 Å². The van der Waals surface area contributed by atoms with Gasteiger partial charge in [0.2, 0.25) is 11.8 Å². The first-order valence-corrected chi connectivity index (χ1v) is 21.4. The standard InChI is InChI=1S/C40H55N7O4Si/c1-25(2)50-35-33(20-28-22-46(29-12-13-29)17-15-32(28)43-35)45-36-42-16-14-31(44-36)26-18-27(21-41)34-30(19-26)40(9,24-49-52(10,11)39(6,7)8)23-47(34)37(48)51-38(3,4)5/h14,16,18-20,25,29H,12-13,15,17,22-24H2,1-11H3,(H,42,44,45)/t40-/m1/s1. The molecule has 1 N–H and O–H groups in total. The number of hydrogen-bond donors (Lipinski definition) is 1. The van der Waals surface area contributed by atoms with Crippen LogP contribution in [0.2, 0.25) is 18.1 Å². The van der Waals surface area contributed by atoms with E-state index in [1.165, 1.54) is 18.4 Å². The van der Waals surface area contributed by atoms with Gasteiger partial charge in [0.15, 0.2) is 8.32 Å². The first-order chi connectivity index (χ1) is 24.3. The highest BCUT2D eigenvalue weighted by molar-refractivity contribution is 6.74. The lowest BCUT2D eigenvalue weighted by Crippen LogP contribution is -2.46. The predicted octanol–water partition coefficient (Wildman–Crippen LogP) is 8.50. The van der Waals surface area contributed by atoms with Gasteiger partial charge in [-0.1, -0.05) is 27.7 Å². The van der Waals surface area contributed by atoms with E-state index in [4.69, 9.17) is 23.9 Å². The minimum atomic E-state index is -2.15. The normalized spacial score (nSPS) is 19.2. The SMILES string of the molecule is CC(C)Oc1nc2c(cc1Nc1nccc(-c3cc(C#N)c4c(c3)[C@@](C)(CO[Si](C)(C)C(C)(C)C)CN4C(=O)OC(C)(C)C)n1)CN(C1CC1)CC2. The fraction of sp³-hybridized carbons (Fsp3) is 0.575. The summed E-state index contributed by atoms with van der Waals surface area (Å²) in [6.07, 6.45) is 4.59. The van der Waals surface area contributed by atoms with Gasteiger partial charge < -0.3 is 19.2 Å². The number of carbonyl (C=O) groups is 1. The van der Waals surface area contributed by atoms with Gasteiger partial charge in [-0.25, -0.2) is 19.7 Å². The van der Waals surface area contributed by atoms with E-state index >= 15 is 0 Å². The van der Waals surface area contributed by atoms with E-state index in [1.807, 2.05) is 46.8 Å². The van der Waals surface area contributed by atoms with Crippen LogP contribution in [0.3, 0.4) is 0 Å². The van der Waals surface area contributed by atoms with Crippen molar-refractivity contribution in [3.05, 3.63) is 52.8 Å². The molecule has 1 saturated carbocycles. The van der Waals surface area contributed by atoms with E-state index in [1.54, 1.807) is 17.2 Å². The second-order valence-corrected chi connectivity index (χ2v) is 22.5. The van der Waals surface area contributed by atoms with Crippen LogP contribution in [0, 0.1) is 11.3 Å². The van der Waals surface area contributed by atoms with Gasteiger partial charge in [0.05, 0.1) is 28.7 Å². The third-order valence-corrected chi connectivity index (χ3v) is 15.1. The van der Waals surface area contributed by atoms with Crippen LogP contribution in [0.4, 0.5) is 22.1 Å². The number of nitrogens with zero attached hydrogens (tertiary/aromatic N) is 6. The molecule has 3 aliphatic rings. The number of hydrogen-bond acceptors (Lipinski definition) is 10. The van der Waals surface area contributed by atoms with Crippen molar-refractivity contribution in [2.45, 2.75) is 129 Å². The average molecular weight is 726 g/mol. The average Bonchev–Trinajstić information content (AvgIpc) is 3.86. The monoisotopic (exact) mass is 725 g/mol. The highest BCUT2D eigenvalue weighted by Crippen LogP contribution is 2.47. The minimum absolute atomic E-state index is 0.00389. The molecule has 52 heavy (non-hydrogen) atoms. The Kier molecular flexibility index (Phi) is 9.96. The summed E-state index contributed by atoms with van der Waals surface area (Å²) in [4.78, 5) is 32.3. The molecule has 1 atom stereocenters. The van der Waals surface area contributed by atoms with Gasteiger partial charge in [-0.15, -0.1) is 0 Å². The number of fused-ring (bicyclic) bond motifs is 2. The maximum Gasteiger partial charge on any atom is 0.414 e. The lowest BCUT2D eigenvalue weighted by atomic mass is 9.83. The number of rotatable bonds is 9. The van der Waals surface area contributed by atoms with Gasteiger partial charge in [-0.05, 0) is 101 Å². The predicted molar refractivity (Wildman–Crippen MR) is 207 cm³/mol. The number of pyridine rings is 1. The van der Waals surface area contributed by atoms with Gasteiger partial charge >= 0.3 is 6.09 Å². The van der Waals surface area contributed by atoms with Crippen LogP contribution in [-0.2, 0) is 27.5 Å². The van der Waals surface area contributed by atoms with Crippen LogP contribution < -0.4 is 15.0 Å². The molecule has 0 bridgehead atoms. The van der Waals surface area contributed by atoms with Crippen molar-refractivity contribution in [1.82, 2.24) is 19.9 Å². The van der Waals surface area contributed by atoms with Crippen molar-refractivity contribution in [3.8, 4) is 23.2 Å². The molecule has 4 heterocycles. The van der Waals surface area contributed by atoms with Gasteiger partial charge in [0, 0.05) is 55.9 Å². The summed E-state index contributed by atoms with van der Waals surface area (Å²) in [5.41, 5.74) is 4.85. The Hall–Kier alpha value is -4.05. The van der Waals surface area contributed by atoms with Gasteiger partial charge in [-0.2, -0.15) is 5.26 Å². The Balaban J connectivity index is 1.37. The van der Waals surface area contributed by atoms with Gasteiger partial charge in [-0.3, -0.25) is 9.80 Å². The number of ether oxygens (including phenoxy) is 2. The van der Waals surface area contributed by atoms with Crippen LogP contribution in [0.1, 0.15) is 97.5 Å². The number of benzene rings is 1. The number of carbonyl (C=O) groups excluding carboxylic acids is 1. The maximum absolute atomic E-state index is 13.7. The Morgan fingerprint density at radius 2 is 1.87 bits per heavy atom. The summed E-state index contributed by atoms with van der Waals surface area (Å²) in [5, 5.41) is 13.9. The molecule has 1 fully saturated rings. The first kappa shape index (κ1) is 37.7. The minimum Gasteiger partial charge on any atom is -0.473 e. The third-order valence-electron chi connectivity index (χ3n) is 10.6. The summed E-state index contributed by atoms with van der Waals surface area (Å²) in [6.45, 7) is 25.3. The Bertz CT molecular complexity index is 1890. The van der Waals surface area contributed by atoms with Crippen molar-refractivity contribution < 1.29 is 18.7 Å². The molecule has 0 saturated heterocycles. The molecule has 11 nitrogen and oxygen atoms in total. The molecule has 0 unspecified atom stereocenters. The number of amides is 1. The zero-order chi connectivity index (χ0) is 37.8. The second-order valence-electron chi connectivity index (χ2n) is 17.7. The zero-order valence-electron chi connectivity index (χ0n) is 32.8. The third kappa shape index (κ3) is 7.97. The topological polar surface area (TPSA) is 126 Å². The Morgan fingerprint density at radius 1 is 1.13 bits per heavy atom. The van der Waals surface area contributed by atoms with Crippen molar-refractivity contribution in [1.29, 1.82) is 5.26 Å². The number of anilines is 3. The molecular weight excluding hydrogens is 671 g/mol. The molecule has 2 aliphatic heterocycles. The molecule has 2 aromatic heterocycles. The van der Waals surface area contributed by atoms with E-state index in [9.17, 15) is 10.1 Å². The van der Waals surface area contributed by atoms with Crippen molar-refractivity contribution in [3.63, 3.8) is 0 Å². The molecule has 3 aromatic rings. The van der Waals surface area contributed by atoms with Crippen molar-refractivity contribution in [2.24, 2.45) is 0 Å². The lowest BCUT2D eigenvalue weighted by Gasteiger charge is -2.39. The van der Waals surface area contributed by atoms with E-state index in [2.05, 4.69) is 68.1 Å². The molecule has 278 valence electrons. The van der Waals surface area contributed by atoms with Crippen molar-refractivity contribution >= 4 is 31.7 Å². The maximum atomic E-state index is 13.7. The largest absolute Gasteiger partial charge is 0.473 e. The Morgan fingerprint density at radius 3 is 2.50 bits per heavy atom. The molecular formula is C40H55N7O4Si. The zero-order valence-corrected chi connectivity index (χ0v) is 33.8. The second kappa shape index (κ2) is 13.7. The number of nitrogens with one attached hydrogen (secondary N) is 1. The van der Waals surface area contributed by atoms with Gasteiger partial charge in [0.25, 0.3) is 0 Å². The fourth-order valence-corrected chi connectivity index (χ4v) is 7.73. The van der Waals surface area contributed by atoms with E-state index in [0.29, 0.717) is 48.0 Å². The molecule has 1 amide bonds. The number of nitriles is 1. The molecule has 0 radical (unpaired) electrons. The van der Waals surface area contributed by atoms with Crippen LogP contribution >= 0.6 is 0 Å². The number of aromatic nitrogens is 3. The van der Waals surface area contributed by atoms with E-state index in [0.717, 1.165) is 42.0 Å². The molecule has 12 heteroatoms. The highest BCUT2D eigenvalue weighted by Gasteiger charge is 2.47. The van der Waals surface area contributed by atoms with E-state index < -0.39 is 25.4 Å². The lowest BCUT2D eigenvalue weighted by molar-refractivity contribution is 0.0575. The molecule has 0 spiro atoms. The van der Waals surface area contributed by atoms with Crippen molar-refractivity contribution in [2.75, 3.05) is 29.9 Å². The van der Waals surface area contributed by atoms with Crippen LogP contribution in [-0.4, -0.2) is 71.7 Å². The summed E-state index contributed by atoms with van der Waals surface area (Å²) < 4.78 is 18.8. The Labute approximate surface area is 310 Å². The first-order valence-electron chi connectivity index (χ1n) is 18.5.